The van der Waals surface area contributed by atoms with Crippen molar-refractivity contribution in [3.63, 3.8) is 0 Å². The largest absolute Gasteiger partial charge is 0.246 e. The molecule has 0 amide bonds. The molecule has 56 valence electrons. The van der Waals surface area contributed by atoms with Gasteiger partial charge in [-0.1, -0.05) is 0 Å². The van der Waals surface area contributed by atoms with Gasteiger partial charge in [0.25, 0.3) is 0 Å². The van der Waals surface area contributed by atoms with Crippen molar-refractivity contribution in [3.8, 4) is 0 Å². The Balaban J connectivity index is 2.67. The highest BCUT2D eigenvalue weighted by atomic mass is 19.1. The predicted octanol–water partition coefficient (Wildman–Crippen LogP) is 1.20. The molecule has 11 heavy (non-hydrogen) atoms. The monoisotopic (exact) mass is 151 g/mol. The Hall–Kier alpha value is -1.45. The number of nitrogens with zero attached hydrogens (tertiary/aromatic N) is 3. The molecule has 0 aliphatic heterocycles. The first-order valence-corrected chi connectivity index (χ1v) is 3.24. The molecule has 2 aromatic heterocycles. The maximum absolute atomic E-state index is 12.1. The van der Waals surface area contributed by atoms with Gasteiger partial charge in [0.1, 0.15) is 13.0 Å². The SMILES string of the molecule is FCc1ccn2ncnc2c1. The Bertz CT molecular complexity index is 368. The number of rotatable bonds is 1. The molecule has 3 nitrogen and oxygen atoms in total. The van der Waals surface area contributed by atoms with Crippen molar-refractivity contribution in [3.05, 3.63) is 30.2 Å². The van der Waals surface area contributed by atoms with E-state index in [2.05, 4.69) is 10.1 Å². The van der Waals surface area contributed by atoms with Crippen LogP contribution in [0.4, 0.5) is 4.39 Å². The summed E-state index contributed by atoms with van der Waals surface area (Å²) in [5, 5.41) is 3.88. The van der Waals surface area contributed by atoms with E-state index in [-0.39, 0.29) is 0 Å². The van der Waals surface area contributed by atoms with Crippen LogP contribution in [-0.4, -0.2) is 14.6 Å². The lowest BCUT2D eigenvalue weighted by Crippen LogP contribution is -1.87. The molecule has 0 spiro atoms. The fraction of sp³-hybridized carbons (Fsp3) is 0.143. The average Bonchev–Trinajstić information content (AvgIpc) is 2.50. The Morgan fingerprint density at radius 3 is 3.27 bits per heavy atom. The highest BCUT2D eigenvalue weighted by molar-refractivity contribution is 5.38. The van der Waals surface area contributed by atoms with Crippen LogP contribution in [0.25, 0.3) is 5.65 Å². The van der Waals surface area contributed by atoms with Gasteiger partial charge >= 0.3 is 0 Å². The Labute approximate surface area is 62.5 Å². The van der Waals surface area contributed by atoms with Gasteiger partial charge in [0.2, 0.25) is 0 Å². The molecular formula is C7H6FN3. The molecule has 0 saturated carbocycles. The number of hydrogen-bond donors (Lipinski definition) is 0. The summed E-state index contributed by atoms with van der Waals surface area (Å²) in [5.41, 5.74) is 1.31. The fourth-order valence-corrected chi connectivity index (χ4v) is 0.941. The smallest absolute Gasteiger partial charge is 0.155 e. The van der Waals surface area contributed by atoms with E-state index in [1.165, 1.54) is 6.33 Å². The first kappa shape index (κ1) is 6.27. The molecule has 0 aliphatic carbocycles. The van der Waals surface area contributed by atoms with Gasteiger partial charge in [-0.05, 0) is 17.7 Å². The average molecular weight is 151 g/mol. The second kappa shape index (κ2) is 2.30. The van der Waals surface area contributed by atoms with Crippen molar-refractivity contribution in [2.45, 2.75) is 6.67 Å². The van der Waals surface area contributed by atoms with Crippen molar-refractivity contribution in [1.82, 2.24) is 14.6 Å². The number of fused-ring (bicyclic) bond motifs is 1. The van der Waals surface area contributed by atoms with Gasteiger partial charge in [-0.3, -0.25) is 0 Å². The molecule has 0 bridgehead atoms. The molecular weight excluding hydrogens is 145 g/mol. The van der Waals surface area contributed by atoms with E-state index >= 15 is 0 Å². The van der Waals surface area contributed by atoms with Crippen LogP contribution in [0.15, 0.2) is 24.7 Å². The van der Waals surface area contributed by atoms with Crippen LogP contribution in [0, 0.1) is 0 Å². The third kappa shape index (κ3) is 0.960. The number of halogens is 1. The van der Waals surface area contributed by atoms with E-state index in [4.69, 9.17) is 0 Å². The lowest BCUT2D eigenvalue weighted by molar-refractivity contribution is 0.485. The summed E-state index contributed by atoms with van der Waals surface area (Å²) in [6.45, 7) is -0.455. The minimum atomic E-state index is -0.455. The van der Waals surface area contributed by atoms with Gasteiger partial charge in [-0.15, -0.1) is 0 Å². The maximum Gasteiger partial charge on any atom is 0.155 e. The Morgan fingerprint density at radius 2 is 2.45 bits per heavy atom. The van der Waals surface area contributed by atoms with E-state index in [1.54, 1.807) is 22.8 Å². The molecule has 0 unspecified atom stereocenters. The Kier molecular flexibility index (Phi) is 1.31. The molecule has 0 atom stereocenters. The minimum absolute atomic E-state index is 0.455. The molecule has 0 fully saturated rings. The first-order valence-electron chi connectivity index (χ1n) is 3.24. The summed E-state index contributed by atoms with van der Waals surface area (Å²) in [6, 6.07) is 3.36. The number of aromatic nitrogens is 3. The van der Waals surface area contributed by atoms with Crippen LogP contribution >= 0.6 is 0 Å². The van der Waals surface area contributed by atoms with E-state index in [9.17, 15) is 4.39 Å². The van der Waals surface area contributed by atoms with Crippen molar-refractivity contribution in [2.24, 2.45) is 0 Å². The second-order valence-corrected chi connectivity index (χ2v) is 2.23. The number of alkyl halides is 1. The summed E-state index contributed by atoms with van der Waals surface area (Å²) in [4.78, 5) is 3.91. The number of pyridine rings is 1. The second-order valence-electron chi connectivity index (χ2n) is 2.23. The molecule has 0 radical (unpaired) electrons. The van der Waals surface area contributed by atoms with Crippen molar-refractivity contribution >= 4 is 5.65 Å². The van der Waals surface area contributed by atoms with Crippen LogP contribution in [0.1, 0.15) is 5.56 Å². The summed E-state index contributed by atoms with van der Waals surface area (Å²) < 4.78 is 13.7. The highest BCUT2D eigenvalue weighted by Crippen LogP contribution is 2.04. The van der Waals surface area contributed by atoms with Crippen molar-refractivity contribution in [2.75, 3.05) is 0 Å². The van der Waals surface area contributed by atoms with Crippen LogP contribution in [0.2, 0.25) is 0 Å². The van der Waals surface area contributed by atoms with Crippen LogP contribution in [0.5, 0.6) is 0 Å². The summed E-state index contributed by atoms with van der Waals surface area (Å²) in [6.07, 6.45) is 3.13. The zero-order chi connectivity index (χ0) is 7.68. The zero-order valence-corrected chi connectivity index (χ0v) is 5.74. The summed E-state index contributed by atoms with van der Waals surface area (Å²) in [7, 11) is 0. The molecule has 0 saturated heterocycles. The number of hydrogen-bond acceptors (Lipinski definition) is 2. The van der Waals surface area contributed by atoms with Gasteiger partial charge in [0.05, 0.1) is 0 Å². The normalized spacial score (nSPS) is 10.6. The van der Waals surface area contributed by atoms with Gasteiger partial charge in [0.15, 0.2) is 5.65 Å². The third-order valence-corrected chi connectivity index (χ3v) is 1.50. The fourth-order valence-electron chi connectivity index (χ4n) is 0.941. The molecule has 2 heterocycles. The van der Waals surface area contributed by atoms with Crippen molar-refractivity contribution in [1.29, 1.82) is 0 Å². The molecule has 0 aliphatic rings. The highest BCUT2D eigenvalue weighted by Gasteiger charge is 1.95. The third-order valence-electron chi connectivity index (χ3n) is 1.50. The summed E-state index contributed by atoms with van der Waals surface area (Å²) >= 11 is 0. The molecule has 4 heteroatoms. The topological polar surface area (TPSA) is 30.2 Å². The van der Waals surface area contributed by atoms with Crippen LogP contribution in [0.3, 0.4) is 0 Å². The molecule has 0 aromatic carbocycles. The first-order chi connectivity index (χ1) is 5.40. The molecule has 2 aromatic rings. The quantitative estimate of drug-likeness (QED) is 0.613. The predicted molar refractivity (Wildman–Crippen MR) is 37.8 cm³/mol. The van der Waals surface area contributed by atoms with E-state index in [1.807, 2.05) is 0 Å². The van der Waals surface area contributed by atoms with Crippen LogP contribution < -0.4 is 0 Å². The van der Waals surface area contributed by atoms with E-state index < -0.39 is 6.67 Å². The van der Waals surface area contributed by atoms with E-state index in [0.29, 0.717) is 11.2 Å². The lowest BCUT2D eigenvalue weighted by atomic mass is 10.3. The van der Waals surface area contributed by atoms with Gasteiger partial charge in [-0.25, -0.2) is 13.9 Å². The lowest BCUT2D eigenvalue weighted by Gasteiger charge is -1.93. The Morgan fingerprint density at radius 1 is 1.55 bits per heavy atom. The van der Waals surface area contributed by atoms with Gasteiger partial charge in [0, 0.05) is 6.20 Å². The zero-order valence-electron chi connectivity index (χ0n) is 5.74. The minimum Gasteiger partial charge on any atom is -0.246 e. The van der Waals surface area contributed by atoms with Gasteiger partial charge in [-0.2, -0.15) is 5.10 Å². The molecule has 2 rings (SSSR count). The summed E-state index contributed by atoms with van der Waals surface area (Å²) in [5.74, 6) is 0. The van der Waals surface area contributed by atoms with Crippen molar-refractivity contribution < 1.29 is 4.39 Å². The van der Waals surface area contributed by atoms with E-state index in [0.717, 1.165) is 0 Å². The van der Waals surface area contributed by atoms with Gasteiger partial charge < -0.3 is 0 Å². The van der Waals surface area contributed by atoms with Crippen LogP contribution in [-0.2, 0) is 6.67 Å². The molecule has 0 N–H and O–H groups in total. The maximum atomic E-state index is 12.1. The standard InChI is InChI=1S/C7H6FN3/c8-4-6-1-2-11-7(3-6)9-5-10-11/h1-3,5H,4H2.